The van der Waals surface area contributed by atoms with E-state index in [9.17, 15) is 4.39 Å². The zero-order valence-electron chi connectivity index (χ0n) is 9.63. The molecule has 0 saturated carbocycles. The first-order chi connectivity index (χ1) is 7.56. The third-order valence-electron chi connectivity index (χ3n) is 2.59. The molecule has 3 N–H and O–H groups in total. The van der Waals surface area contributed by atoms with Crippen molar-refractivity contribution in [1.29, 1.82) is 0 Å². The van der Waals surface area contributed by atoms with Gasteiger partial charge in [-0.15, -0.1) is 0 Å². The minimum atomic E-state index is -0.248. The average molecular weight is 289 g/mol. The van der Waals surface area contributed by atoms with Crippen LogP contribution < -0.4 is 11.3 Å². The Balaban J connectivity index is 2.82. The van der Waals surface area contributed by atoms with Crippen molar-refractivity contribution in [2.75, 3.05) is 0 Å². The van der Waals surface area contributed by atoms with Crippen molar-refractivity contribution in [1.82, 2.24) is 5.43 Å². The van der Waals surface area contributed by atoms with Crippen LogP contribution in [0.3, 0.4) is 0 Å². The number of rotatable bonds is 5. The molecule has 1 atom stereocenters. The highest BCUT2D eigenvalue weighted by atomic mass is 79.9. The van der Waals surface area contributed by atoms with E-state index in [-0.39, 0.29) is 11.9 Å². The fraction of sp³-hybridized carbons (Fsp3) is 0.500. The molecule has 0 radical (unpaired) electrons. The lowest BCUT2D eigenvalue weighted by molar-refractivity contribution is 0.445. The lowest BCUT2D eigenvalue weighted by Crippen LogP contribution is -2.28. The van der Waals surface area contributed by atoms with Gasteiger partial charge in [0.2, 0.25) is 0 Å². The molecule has 90 valence electrons. The molecule has 0 heterocycles. The van der Waals surface area contributed by atoms with Crippen molar-refractivity contribution in [2.24, 2.45) is 11.8 Å². The maximum Gasteiger partial charge on any atom is 0.137 e. The Bertz CT molecular complexity index is 342. The zero-order chi connectivity index (χ0) is 12.1. The maximum absolute atomic E-state index is 13.4. The highest BCUT2D eigenvalue weighted by Crippen LogP contribution is 2.29. The molecule has 0 saturated heterocycles. The summed E-state index contributed by atoms with van der Waals surface area (Å²) in [5.74, 6) is 5.88. The third kappa shape index (κ3) is 3.54. The van der Waals surface area contributed by atoms with E-state index in [4.69, 9.17) is 5.84 Å². The molecule has 0 aromatic heterocycles. The van der Waals surface area contributed by atoms with E-state index >= 15 is 0 Å². The quantitative estimate of drug-likeness (QED) is 0.643. The first-order valence-electron chi connectivity index (χ1n) is 5.46. The molecule has 0 aliphatic rings. The third-order valence-corrected chi connectivity index (χ3v) is 3.43. The van der Waals surface area contributed by atoms with E-state index in [0.29, 0.717) is 10.4 Å². The monoisotopic (exact) mass is 288 g/mol. The summed E-state index contributed by atoms with van der Waals surface area (Å²) in [5, 5.41) is 0. The normalized spacial score (nSPS) is 13.1. The number of halogens is 2. The topological polar surface area (TPSA) is 38.0 Å². The first-order valence-corrected chi connectivity index (χ1v) is 6.25. The Morgan fingerprint density at radius 1 is 1.38 bits per heavy atom. The summed E-state index contributed by atoms with van der Waals surface area (Å²) in [6.07, 6.45) is 1.95. The van der Waals surface area contributed by atoms with Crippen molar-refractivity contribution in [3.05, 3.63) is 34.1 Å². The van der Waals surface area contributed by atoms with E-state index in [1.165, 1.54) is 6.07 Å². The molecule has 0 aliphatic heterocycles. The molecule has 1 aromatic carbocycles. The molecule has 0 aliphatic carbocycles. The summed E-state index contributed by atoms with van der Waals surface area (Å²) >= 11 is 3.26. The number of nitrogens with one attached hydrogen (secondary N) is 1. The molecule has 0 fully saturated rings. The summed E-state index contributed by atoms with van der Waals surface area (Å²) in [6.45, 7) is 4.32. The highest BCUT2D eigenvalue weighted by Gasteiger charge is 2.15. The van der Waals surface area contributed by atoms with E-state index in [2.05, 4.69) is 35.2 Å². The molecule has 4 heteroatoms. The second kappa shape index (κ2) is 6.33. The van der Waals surface area contributed by atoms with E-state index in [0.717, 1.165) is 18.4 Å². The molecule has 1 aromatic rings. The average Bonchev–Trinajstić information content (AvgIpc) is 2.24. The molecule has 1 rings (SSSR count). The second-order valence-corrected chi connectivity index (χ2v) is 5.13. The summed E-state index contributed by atoms with van der Waals surface area (Å²) in [6, 6.07) is 5.02. The van der Waals surface area contributed by atoms with Crippen LogP contribution in [0.4, 0.5) is 4.39 Å². The molecule has 1 unspecified atom stereocenters. The molecule has 16 heavy (non-hydrogen) atoms. The van der Waals surface area contributed by atoms with Gasteiger partial charge in [-0.3, -0.25) is 11.3 Å². The van der Waals surface area contributed by atoms with Gasteiger partial charge in [0.05, 0.1) is 4.47 Å². The largest absolute Gasteiger partial charge is 0.271 e. The van der Waals surface area contributed by atoms with Gasteiger partial charge in [-0.25, -0.2) is 4.39 Å². The Kier molecular flexibility index (Phi) is 5.38. The molecule has 2 nitrogen and oxygen atoms in total. The van der Waals surface area contributed by atoms with Gasteiger partial charge in [-0.1, -0.05) is 26.0 Å². The number of benzene rings is 1. The number of hydrogen-bond acceptors (Lipinski definition) is 2. The van der Waals surface area contributed by atoms with E-state index in [1.807, 2.05) is 6.07 Å². The lowest BCUT2D eigenvalue weighted by atomic mass is 9.98. The van der Waals surface area contributed by atoms with Crippen molar-refractivity contribution in [3.63, 3.8) is 0 Å². The van der Waals surface area contributed by atoms with Crippen LogP contribution in [0.25, 0.3) is 0 Å². The van der Waals surface area contributed by atoms with Crippen LogP contribution in [-0.4, -0.2) is 0 Å². The lowest BCUT2D eigenvalue weighted by Gasteiger charge is -2.19. The molecular formula is C12H18BrFN2. The molecule has 0 bridgehead atoms. The smallest absolute Gasteiger partial charge is 0.137 e. The van der Waals surface area contributed by atoms with Gasteiger partial charge in [-0.05, 0) is 46.3 Å². The van der Waals surface area contributed by atoms with Crippen LogP contribution in [0.5, 0.6) is 0 Å². The fourth-order valence-corrected chi connectivity index (χ4v) is 2.16. The van der Waals surface area contributed by atoms with Crippen molar-refractivity contribution < 1.29 is 4.39 Å². The van der Waals surface area contributed by atoms with Gasteiger partial charge < -0.3 is 0 Å². The molecule has 0 amide bonds. The predicted molar refractivity (Wildman–Crippen MR) is 68.2 cm³/mol. The van der Waals surface area contributed by atoms with Crippen molar-refractivity contribution >= 4 is 15.9 Å². The van der Waals surface area contributed by atoms with Crippen LogP contribution >= 0.6 is 15.9 Å². The Hall–Kier alpha value is -0.450. The molecular weight excluding hydrogens is 271 g/mol. The van der Waals surface area contributed by atoms with Gasteiger partial charge in [0.25, 0.3) is 0 Å². The Labute approximate surface area is 105 Å². The van der Waals surface area contributed by atoms with Crippen LogP contribution in [0, 0.1) is 11.7 Å². The van der Waals surface area contributed by atoms with Crippen LogP contribution in [0.1, 0.15) is 38.3 Å². The highest BCUT2D eigenvalue weighted by molar-refractivity contribution is 9.10. The minimum absolute atomic E-state index is 0.00697. The molecule has 0 spiro atoms. The predicted octanol–water partition coefficient (Wildman–Crippen LogP) is 3.53. The van der Waals surface area contributed by atoms with Gasteiger partial charge >= 0.3 is 0 Å². The first kappa shape index (κ1) is 13.6. The van der Waals surface area contributed by atoms with Crippen molar-refractivity contribution in [3.8, 4) is 0 Å². The Morgan fingerprint density at radius 2 is 2.06 bits per heavy atom. The van der Waals surface area contributed by atoms with Gasteiger partial charge in [-0.2, -0.15) is 0 Å². The van der Waals surface area contributed by atoms with Crippen molar-refractivity contribution in [2.45, 2.75) is 32.7 Å². The summed E-state index contributed by atoms with van der Waals surface area (Å²) in [5.41, 5.74) is 3.62. The standard InChI is InChI=1S/C12H18BrFN2/c1-8(2)6-7-11(16-15)9-4-3-5-10(14)12(9)13/h3-5,8,11,16H,6-7,15H2,1-2H3. The zero-order valence-corrected chi connectivity index (χ0v) is 11.2. The number of hydrazine groups is 1. The van der Waals surface area contributed by atoms with Crippen LogP contribution in [0.2, 0.25) is 0 Å². The number of hydrogen-bond donors (Lipinski definition) is 2. The van der Waals surface area contributed by atoms with Crippen LogP contribution in [0.15, 0.2) is 22.7 Å². The second-order valence-electron chi connectivity index (χ2n) is 4.33. The minimum Gasteiger partial charge on any atom is -0.271 e. The van der Waals surface area contributed by atoms with E-state index in [1.54, 1.807) is 6.07 Å². The summed E-state index contributed by atoms with van der Waals surface area (Å²) < 4.78 is 13.9. The summed E-state index contributed by atoms with van der Waals surface area (Å²) in [7, 11) is 0. The SMILES string of the molecule is CC(C)CCC(NN)c1cccc(F)c1Br. The maximum atomic E-state index is 13.4. The van der Waals surface area contributed by atoms with Crippen LogP contribution in [-0.2, 0) is 0 Å². The van der Waals surface area contributed by atoms with Gasteiger partial charge in [0.1, 0.15) is 5.82 Å². The Morgan fingerprint density at radius 3 is 2.62 bits per heavy atom. The summed E-state index contributed by atoms with van der Waals surface area (Å²) in [4.78, 5) is 0. The van der Waals surface area contributed by atoms with Gasteiger partial charge in [0.15, 0.2) is 0 Å². The number of nitrogens with two attached hydrogens (primary N) is 1. The fourth-order valence-electron chi connectivity index (χ4n) is 1.62. The van der Waals surface area contributed by atoms with Gasteiger partial charge in [0, 0.05) is 6.04 Å². The van der Waals surface area contributed by atoms with E-state index < -0.39 is 0 Å².